The second-order valence-electron chi connectivity index (χ2n) is 3.42. The summed E-state index contributed by atoms with van der Waals surface area (Å²) in [4.78, 5) is 21.9. The molecule has 0 aliphatic heterocycles. The number of aromatic carboxylic acids is 1. The van der Waals surface area contributed by atoms with Crippen molar-refractivity contribution >= 4 is 11.9 Å². The summed E-state index contributed by atoms with van der Waals surface area (Å²) in [6.45, 7) is 0. The fourth-order valence-corrected chi connectivity index (χ4v) is 1.46. The summed E-state index contributed by atoms with van der Waals surface area (Å²) in [5.74, 6) is -2.46. The molecule has 1 heterocycles. The minimum atomic E-state index is -1.29. The Morgan fingerprint density at radius 1 is 1.28 bits per heavy atom. The average Bonchev–Trinajstić information content (AvgIpc) is 2.78. The normalized spacial score (nSPS) is 10.2. The Labute approximate surface area is 100 Å². The number of carboxylic acids is 1. The van der Waals surface area contributed by atoms with Crippen molar-refractivity contribution in [2.75, 3.05) is 0 Å². The highest BCUT2D eigenvalue weighted by molar-refractivity contribution is 5.98. The Morgan fingerprint density at radius 3 is 2.61 bits per heavy atom. The number of carboxylic acid groups (broad SMARTS) is 1. The molecule has 0 aliphatic carbocycles. The monoisotopic (exact) mass is 248 g/mol. The maximum absolute atomic E-state index is 11.1. The van der Waals surface area contributed by atoms with E-state index in [-0.39, 0.29) is 22.7 Å². The zero-order valence-electron chi connectivity index (χ0n) is 8.91. The van der Waals surface area contributed by atoms with Crippen molar-refractivity contribution in [3.05, 3.63) is 29.5 Å². The van der Waals surface area contributed by atoms with Crippen LogP contribution in [-0.4, -0.2) is 37.5 Å². The predicted octanol–water partition coefficient (Wildman–Crippen LogP) is -0.0256. The molecule has 0 atom stereocenters. The van der Waals surface area contributed by atoms with Gasteiger partial charge in [0.25, 0.3) is 5.91 Å². The first-order valence-corrected chi connectivity index (χ1v) is 4.78. The first-order chi connectivity index (χ1) is 8.50. The molecular formula is C10H8N4O4. The van der Waals surface area contributed by atoms with Gasteiger partial charge in [-0.25, -0.2) is 4.79 Å². The van der Waals surface area contributed by atoms with Crippen LogP contribution < -0.4 is 5.73 Å². The highest BCUT2D eigenvalue weighted by atomic mass is 16.4. The maximum atomic E-state index is 11.1. The van der Waals surface area contributed by atoms with Gasteiger partial charge in [0.2, 0.25) is 0 Å². The van der Waals surface area contributed by atoms with E-state index in [4.69, 9.17) is 10.8 Å². The number of nitrogens with two attached hydrogens (primary N) is 1. The third kappa shape index (κ3) is 1.86. The number of hydrogen-bond acceptors (Lipinski definition) is 5. The summed E-state index contributed by atoms with van der Waals surface area (Å²) in [6, 6.07) is 3.78. The lowest BCUT2D eigenvalue weighted by Gasteiger charge is -2.02. The van der Waals surface area contributed by atoms with Crippen molar-refractivity contribution in [3.8, 4) is 17.0 Å². The fourth-order valence-electron chi connectivity index (χ4n) is 1.46. The number of nitrogens with one attached hydrogen (secondary N) is 1. The van der Waals surface area contributed by atoms with E-state index in [9.17, 15) is 14.7 Å². The smallest absolute Gasteiger partial charge is 0.339 e. The molecule has 18 heavy (non-hydrogen) atoms. The highest BCUT2D eigenvalue weighted by Gasteiger charge is 2.18. The lowest BCUT2D eigenvalue weighted by Crippen LogP contribution is -2.12. The van der Waals surface area contributed by atoms with Crippen LogP contribution in [0.4, 0.5) is 0 Å². The number of aromatic nitrogens is 3. The molecule has 0 aliphatic rings. The Bertz CT molecular complexity index is 635. The van der Waals surface area contributed by atoms with Crippen molar-refractivity contribution in [3.63, 3.8) is 0 Å². The number of H-pyrrole nitrogens is 1. The molecule has 0 fully saturated rings. The van der Waals surface area contributed by atoms with Crippen LogP contribution >= 0.6 is 0 Å². The van der Waals surface area contributed by atoms with Crippen LogP contribution in [0, 0.1) is 0 Å². The number of nitrogens with zero attached hydrogens (tertiary/aromatic N) is 2. The van der Waals surface area contributed by atoms with E-state index in [0.29, 0.717) is 5.56 Å². The van der Waals surface area contributed by atoms with E-state index >= 15 is 0 Å². The molecule has 0 saturated carbocycles. The van der Waals surface area contributed by atoms with E-state index in [1.165, 1.54) is 18.2 Å². The van der Waals surface area contributed by atoms with Gasteiger partial charge in [-0.2, -0.15) is 15.4 Å². The molecule has 92 valence electrons. The van der Waals surface area contributed by atoms with Gasteiger partial charge < -0.3 is 15.9 Å². The number of aromatic hydroxyl groups is 1. The summed E-state index contributed by atoms with van der Waals surface area (Å²) < 4.78 is 0. The maximum Gasteiger partial charge on any atom is 0.339 e. The molecule has 5 N–H and O–H groups in total. The number of carbonyl (C=O) groups excluding carboxylic acids is 1. The highest BCUT2D eigenvalue weighted by Crippen LogP contribution is 2.25. The van der Waals surface area contributed by atoms with Crippen molar-refractivity contribution in [1.82, 2.24) is 15.4 Å². The van der Waals surface area contributed by atoms with Gasteiger partial charge in [-0.1, -0.05) is 0 Å². The summed E-state index contributed by atoms with van der Waals surface area (Å²) in [5.41, 5.74) is 5.14. The molecule has 0 radical (unpaired) electrons. The zero-order valence-corrected chi connectivity index (χ0v) is 8.91. The van der Waals surface area contributed by atoms with Crippen molar-refractivity contribution in [2.24, 2.45) is 5.73 Å². The third-order valence-electron chi connectivity index (χ3n) is 2.28. The van der Waals surface area contributed by atoms with Gasteiger partial charge in [-0.3, -0.25) is 4.79 Å². The summed E-state index contributed by atoms with van der Waals surface area (Å²) in [6.07, 6.45) is 0. The number of carbonyl (C=O) groups is 2. The first-order valence-electron chi connectivity index (χ1n) is 4.78. The molecule has 0 bridgehead atoms. The first kappa shape index (κ1) is 11.6. The molecule has 2 rings (SSSR count). The van der Waals surface area contributed by atoms with Gasteiger partial charge >= 0.3 is 5.97 Å². The minimum absolute atomic E-state index is 0.1000. The van der Waals surface area contributed by atoms with Crippen molar-refractivity contribution in [1.29, 1.82) is 0 Å². The lowest BCUT2D eigenvalue weighted by molar-refractivity contribution is 0.0693. The van der Waals surface area contributed by atoms with E-state index < -0.39 is 11.9 Å². The summed E-state index contributed by atoms with van der Waals surface area (Å²) >= 11 is 0. The van der Waals surface area contributed by atoms with E-state index in [2.05, 4.69) is 15.4 Å². The van der Waals surface area contributed by atoms with E-state index in [1.54, 1.807) is 0 Å². The second-order valence-corrected chi connectivity index (χ2v) is 3.42. The van der Waals surface area contributed by atoms with Crippen LogP contribution in [0.15, 0.2) is 18.2 Å². The Balaban J connectivity index is 2.58. The van der Waals surface area contributed by atoms with Gasteiger partial charge in [0.05, 0.1) is 0 Å². The van der Waals surface area contributed by atoms with Crippen LogP contribution in [0.3, 0.4) is 0 Å². The number of benzene rings is 1. The molecule has 1 aromatic heterocycles. The van der Waals surface area contributed by atoms with Crippen LogP contribution in [0.5, 0.6) is 5.75 Å². The fraction of sp³-hybridized carbons (Fsp3) is 0. The number of hydrogen-bond donors (Lipinski definition) is 4. The molecule has 8 nitrogen and oxygen atoms in total. The summed E-state index contributed by atoms with van der Waals surface area (Å²) in [5, 5.41) is 27.8. The lowest BCUT2D eigenvalue weighted by atomic mass is 10.1. The number of aromatic amines is 1. The molecule has 1 aromatic carbocycles. The van der Waals surface area contributed by atoms with E-state index in [0.717, 1.165) is 0 Å². The standard InChI is InChI=1S/C10H8N4O4/c11-9(16)8-7(12-14-13-8)4-1-2-6(15)5(3-4)10(17)18/h1-3,15H,(H2,11,16)(H,17,18)(H,12,13,14). The van der Waals surface area contributed by atoms with E-state index in [1.807, 2.05) is 0 Å². The average molecular weight is 248 g/mol. The molecule has 8 heteroatoms. The molecule has 0 unspecified atom stereocenters. The van der Waals surface area contributed by atoms with Crippen molar-refractivity contribution in [2.45, 2.75) is 0 Å². The van der Waals surface area contributed by atoms with Gasteiger partial charge in [0, 0.05) is 5.56 Å². The second kappa shape index (κ2) is 4.17. The van der Waals surface area contributed by atoms with Gasteiger partial charge in [-0.15, -0.1) is 0 Å². The van der Waals surface area contributed by atoms with Crippen LogP contribution in [-0.2, 0) is 0 Å². The van der Waals surface area contributed by atoms with Gasteiger partial charge in [0.15, 0.2) is 5.69 Å². The number of primary amides is 1. The largest absolute Gasteiger partial charge is 0.507 e. The van der Waals surface area contributed by atoms with Crippen LogP contribution in [0.2, 0.25) is 0 Å². The molecule has 2 aromatic rings. The quantitative estimate of drug-likeness (QED) is 0.600. The number of amides is 1. The SMILES string of the molecule is NC(=O)c1n[nH]nc1-c1ccc(O)c(C(=O)O)c1. The summed E-state index contributed by atoms with van der Waals surface area (Å²) in [7, 11) is 0. The number of rotatable bonds is 3. The number of phenols is 1. The predicted molar refractivity (Wildman–Crippen MR) is 59.0 cm³/mol. The molecule has 0 saturated heterocycles. The van der Waals surface area contributed by atoms with Crippen LogP contribution in [0.1, 0.15) is 20.8 Å². The van der Waals surface area contributed by atoms with Crippen molar-refractivity contribution < 1.29 is 19.8 Å². The third-order valence-corrected chi connectivity index (χ3v) is 2.28. The minimum Gasteiger partial charge on any atom is -0.507 e. The molecule has 1 amide bonds. The Morgan fingerprint density at radius 2 is 2.00 bits per heavy atom. The Hall–Kier alpha value is -2.90. The Kier molecular flexibility index (Phi) is 2.68. The van der Waals surface area contributed by atoms with Crippen LogP contribution in [0.25, 0.3) is 11.3 Å². The van der Waals surface area contributed by atoms with Gasteiger partial charge in [-0.05, 0) is 18.2 Å². The molecule has 0 spiro atoms. The zero-order chi connectivity index (χ0) is 13.3. The molecular weight excluding hydrogens is 240 g/mol. The van der Waals surface area contributed by atoms with Gasteiger partial charge in [0.1, 0.15) is 17.0 Å². The topological polar surface area (TPSA) is 142 Å².